The first-order chi connectivity index (χ1) is 15.5. The van der Waals surface area contributed by atoms with Gasteiger partial charge in [0.25, 0.3) is 11.5 Å². The number of rotatable bonds is 5. The summed E-state index contributed by atoms with van der Waals surface area (Å²) in [5.74, 6) is 0.942. The Hall–Kier alpha value is -3.69. The van der Waals surface area contributed by atoms with Gasteiger partial charge >= 0.3 is 0 Å². The molecular weight excluding hydrogens is 428 g/mol. The van der Waals surface area contributed by atoms with Crippen LogP contribution in [-0.4, -0.2) is 34.7 Å². The minimum Gasteiger partial charge on any atom is -0.457 e. The zero-order valence-electron chi connectivity index (χ0n) is 17.2. The number of nitrogens with two attached hydrogens (primary N) is 1. The lowest BCUT2D eigenvalue weighted by molar-refractivity contribution is -0.00338. The van der Waals surface area contributed by atoms with E-state index in [1.165, 1.54) is 15.9 Å². The van der Waals surface area contributed by atoms with E-state index in [1.807, 2.05) is 49.4 Å². The van der Waals surface area contributed by atoms with E-state index in [1.54, 1.807) is 12.1 Å². The van der Waals surface area contributed by atoms with Crippen molar-refractivity contribution in [2.45, 2.75) is 13.0 Å². The second-order valence-corrected chi connectivity index (χ2v) is 8.54. The van der Waals surface area contributed by atoms with Gasteiger partial charge in [0.1, 0.15) is 16.3 Å². The number of aromatic nitrogens is 2. The van der Waals surface area contributed by atoms with Gasteiger partial charge in [-0.15, -0.1) is 11.3 Å². The number of benzene rings is 2. The summed E-state index contributed by atoms with van der Waals surface area (Å²) in [6, 6.07) is 16.5. The van der Waals surface area contributed by atoms with Crippen molar-refractivity contribution in [3.63, 3.8) is 0 Å². The average molecular weight is 449 g/mol. The molecule has 1 saturated heterocycles. The molecule has 32 heavy (non-hydrogen) atoms. The number of carbonyl (C=O) groups excluding carboxylic acids is 1. The second-order valence-electron chi connectivity index (χ2n) is 7.51. The van der Waals surface area contributed by atoms with Crippen molar-refractivity contribution in [1.82, 2.24) is 14.9 Å². The largest absolute Gasteiger partial charge is 0.457 e. The Labute approximate surface area is 187 Å². The van der Waals surface area contributed by atoms with Crippen molar-refractivity contribution >= 4 is 33.4 Å². The van der Waals surface area contributed by atoms with Gasteiger partial charge in [-0.2, -0.15) is 0 Å². The number of carbonyl (C=O) groups is 1. The molecule has 2 aromatic carbocycles. The molecule has 1 aliphatic rings. The van der Waals surface area contributed by atoms with Gasteiger partial charge in [0, 0.05) is 6.07 Å². The summed E-state index contributed by atoms with van der Waals surface area (Å²) in [6.07, 6.45) is 0. The number of aryl methyl sites for hydroxylation is 1. The first-order valence-electron chi connectivity index (χ1n) is 10.0. The highest BCUT2D eigenvalue weighted by Gasteiger charge is 2.23. The Bertz CT molecular complexity index is 1380. The van der Waals surface area contributed by atoms with Crippen LogP contribution in [0, 0.1) is 6.92 Å². The van der Waals surface area contributed by atoms with E-state index in [-0.39, 0.29) is 17.8 Å². The molecule has 162 valence electrons. The monoisotopic (exact) mass is 448 g/mol. The maximum absolute atomic E-state index is 13.0. The molecule has 1 amide bonds. The molecule has 4 aromatic rings. The maximum Gasteiger partial charge on any atom is 0.298 e. The number of fused-ring (bicyclic) bond motifs is 1. The third-order valence-electron chi connectivity index (χ3n) is 5.18. The number of thiophene rings is 1. The van der Waals surface area contributed by atoms with Gasteiger partial charge in [-0.05, 0) is 36.8 Å². The lowest BCUT2D eigenvalue weighted by Gasteiger charge is -2.26. The SMILES string of the molecule is Cc1ccc(-n2c(=O)c(N)nc3sc(C(=O)NC4COC4)cc32)cc1Oc1ccccc1. The van der Waals surface area contributed by atoms with Crippen LogP contribution in [0.4, 0.5) is 5.82 Å². The number of amides is 1. The molecular formula is C23H20N4O4S. The van der Waals surface area contributed by atoms with Crippen LogP contribution in [0.25, 0.3) is 16.0 Å². The molecule has 0 unspecified atom stereocenters. The number of nitrogens with one attached hydrogen (secondary N) is 1. The summed E-state index contributed by atoms with van der Waals surface area (Å²) in [5.41, 5.74) is 7.47. The van der Waals surface area contributed by atoms with E-state index < -0.39 is 5.56 Å². The lowest BCUT2D eigenvalue weighted by atomic mass is 10.2. The van der Waals surface area contributed by atoms with Crippen LogP contribution in [-0.2, 0) is 4.74 Å². The number of nitrogen functional groups attached to an aromatic ring is 1. The molecule has 0 radical (unpaired) electrons. The summed E-state index contributed by atoms with van der Waals surface area (Å²) < 4.78 is 12.6. The zero-order valence-corrected chi connectivity index (χ0v) is 18.0. The van der Waals surface area contributed by atoms with Crippen molar-refractivity contribution in [3.8, 4) is 17.2 Å². The third-order valence-corrected chi connectivity index (χ3v) is 6.19. The molecule has 1 aliphatic heterocycles. The first-order valence-corrected chi connectivity index (χ1v) is 10.9. The predicted octanol–water partition coefficient (Wildman–Crippen LogP) is 3.26. The van der Waals surface area contributed by atoms with Gasteiger partial charge in [0.2, 0.25) is 0 Å². The normalized spacial score (nSPS) is 13.7. The summed E-state index contributed by atoms with van der Waals surface area (Å²) in [6.45, 7) is 2.93. The van der Waals surface area contributed by atoms with E-state index in [9.17, 15) is 9.59 Å². The summed E-state index contributed by atoms with van der Waals surface area (Å²) in [4.78, 5) is 30.8. The second kappa shape index (κ2) is 8.10. The van der Waals surface area contributed by atoms with Crippen LogP contribution >= 0.6 is 11.3 Å². The molecule has 0 saturated carbocycles. The molecule has 5 rings (SSSR count). The molecule has 0 atom stereocenters. The van der Waals surface area contributed by atoms with Crippen LogP contribution in [0.15, 0.2) is 59.4 Å². The van der Waals surface area contributed by atoms with Gasteiger partial charge in [0.15, 0.2) is 5.82 Å². The highest BCUT2D eigenvalue weighted by atomic mass is 32.1. The molecule has 2 aromatic heterocycles. The number of hydrogen-bond acceptors (Lipinski definition) is 7. The molecule has 0 aliphatic carbocycles. The fourth-order valence-electron chi connectivity index (χ4n) is 3.39. The topological polar surface area (TPSA) is 108 Å². The van der Waals surface area contributed by atoms with Gasteiger partial charge in [0.05, 0.1) is 35.3 Å². The van der Waals surface area contributed by atoms with Crippen LogP contribution in [0.5, 0.6) is 11.5 Å². The Morgan fingerprint density at radius 1 is 1.22 bits per heavy atom. The van der Waals surface area contributed by atoms with Crippen LogP contribution < -0.4 is 21.3 Å². The fourth-order valence-corrected chi connectivity index (χ4v) is 4.32. The molecule has 1 fully saturated rings. The van der Waals surface area contributed by atoms with Crippen LogP contribution in [0.1, 0.15) is 15.2 Å². The number of para-hydroxylation sites is 1. The Morgan fingerprint density at radius 2 is 2.00 bits per heavy atom. The quantitative estimate of drug-likeness (QED) is 0.485. The Morgan fingerprint density at radius 3 is 2.72 bits per heavy atom. The van der Waals surface area contributed by atoms with E-state index >= 15 is 0 Å². The number of ether oxygens (including phenoxy) is 2. The lowest BCUT2D eigenvalue weighted by Crippen LogP contribution is -2.48. The molecule has 0 spiro atoms. The van der Waals surface area contributed by atoms with E-state index in [2.05, 4.69) is 10.3 Å². The highest BCUT2D eigenvalue weighted by molar-refractivity contribution is 7.20. The predicted molar refractivity (Wildman–Crippen MR) is 123 cm³/mol. The van der Waals surface area contributed by atoms with Gasteiger partial charge in [-0.25, -0.2) is 4.98 Å². The highest BCUT2D eigenvalue weighted by Crippen LogP contribution is 2.30. The maximum atomic E-state index is 13.0. The molecule has 9 heteroatoms. The van der Waals surface area contributed by atoms with Crippen molar-refractivity contribution in [1.29, 1.82) is 0 Å². The fraction of sp³-hybridized carbons (Fsp3) is 0.174. The molecule has 8 nitrogen and oxygen atoms in total. The molecule has 0 bridgehead atoms. The van der Waals surface area contributed by atoms with Gasteiger partial charge < -0.3 is 20.5 Å². The number of hydrogen-bond donors (Lipinski definition) is 2. The first kappa shape index (κ1) is 20.2. The van der Waals surface area contributed by atoms with E-state index in [0.29, 0.717) is 45.6 Å². The van der Waals surface area contributed by atoms with Crippen molar-refractivity contribution in [3.05, 3.63) is 75.4 Å². The smallest absolute Gasteiger partial charge is 0.298 e. The minimum absolute atomic E-state index is 0.00252. The van der Waals surface area contributed by atoms with E-state index in [4.69, 9.17) is 15.2 Å². The Kier molecular flexibility index (Phi) is 5.12. The van der Waals surface area contributed by atoms with E-state index in [0.717, 1.165) is 5.56 Å². The van der Waals surface area contributed by atoms with Gasteiger partial charge in [-0.1, -0.05) is 24.3 Å². The van der Waals surface area contributed by atoms with Crippen molar-refractivity contribution in [2.75, 3.05) is 18.9 Å². The summed E-state index contributed by atoms with van der Waals surface area (Å²) in [5, 5.41) is 2.91. The van der Waals surface area contributed by atoms with Crippen molar-refractivity contribution in [2.24, 2.45) is 0 Å². The average Bonchev–Trinajstić information content (AvgIpc) is 3.17. The third kappa shape index (κ3) is 3.72. The number of anilines is 1. The van der Waals surface area contributed by atoms with Crippen LogP contribution in [0.3, 0.4) is 0 Å². The minimum atomic E-state index is -0.454. The standard InChI is InChI=1S/C23H20N4O4S/c1-13-7-8-15(9-18(13)31-16-5-3-2-4-6-16)27-17-10-19(21(28)25-14-11-30-12-14)32-22(17)26-20(24)23(27)29/h2-10,14H,11-12H2,1H3,(H2,24,26)(H,25,28). The summed E-state index contributed by atoms with van der Waals surface area (Å²) >= 11 is 1.19. The zero-order chi connectivity index (χ0) is 22.2. The number of nitrogens with zero attached hydrogens (tertiary/aromatic N) is 2. The van der Waals surface area contributed by atoms with Crippen molar-refractivity contribution < 1.29 is 14.3 Å². The summed E-state index contributed by atoms with van der Waals surface area (Å²) in [7, 11) is 0. The van der Waals surface area contributed by atoms with Crippen LogP contribution in [0.2, 0.25) is 0 Å². The Balaban J connectivity index is 1.58. The molecule has 3 N–H and O–H groups in total. The molecule has 3 heterocycles. The van der Waals surface area contributed by atoms with Gasteiger partial charge in [-0.3, -0.25) is 14.2 Å².